The number of hydrogen-bond donors (Lipinski definition) is 0. The minimum atomic E-state index is 0.0759. The van der Waals surface area contributed by atoms with Gasteiger partial charge in [-0.25, -0.2) is 9.97 Å². The molecule has 0 N–H and O–H groups in total. The lowest BCUT2D eigenvalue weighted by atomic mass is 10.1. The number of benzene rings is 2. The first-order chi connectivity index (χ1) is 16.2. The van der Waals surface area contributed by atoms with Crippen LogP contribution in [0.3, 0.4) is 0 Å². The van der Waals surface area contributed by atoms with E-state index in [1.165, 1.54) is 19.3 Å². The van der Waals surface area contributed by atoms with E-state index in [1.54, 1.807) is 0 Å². The van der Waals surface area contributed by atoms with E-state index in [0.29, 0.717) is 12.4 Å². The highest BCUT2D eigenvalue weighted by Gasteiger charge is 2.06. The molecule has 0 amide bonds. The average Bonchev–Trinajstić information content (AvgIpc) is 2.87. The molecular formula is C28H36N2O3. The summed E-state index contributed by atoms with van der Waals surface area (Å²) in [6.45, 7) is 8.40. The fraction of sp³-hybridized carbons (Fsp3) is 0.429. The van der Waals surface area contributed by atoms with Crippen molar-refractivity contribution in [2.45, 2.75) is 59.0 Å². The molecule has 3 aromatic rings. The molecule has 2 aromatic carbocycles. The van der Waals surface area contributed by atoms with Gasteiger partial charge in [0, 0.05) is 30.1 Å². The summed E-state index contributed by atoms with van der Waals surface area (Å²) in [6.07, 6.45) is 9.64. The summed E-state index contributed by atoms with van der Waals surface area (Å²) < 4.78 is 17.3. The molecule has 0 spiro atoms. The monoisotopic (exact) mass is 448 g/mol. The van der Waals surface area contributed by atoms with Crippen molar-refractivity contribution in [1.82, 2.24) is 9.97 Å². The smallest absolute Gasteiger partial charge is 0.159 e. The van der Waals surface area contributed by atoms with Crippen molar-refractivity contribution in [2.75, 3.05) is 19.8 Å². The van der Waals surface area contributed by atoms with Crippen LogP contribution in [-0.4, -0.2) is 35.9 Å². The van der Waals surface area contributed by atoms with E-state index in [9.17, 15) is 0 Å². The zero-order valence-electron chi connectivity index (χ0n) is 20.1. The van der Waals surface area contributed by atoms with Gasteiger partial charge in [-0.15, -0.1) is 0 Å². The van der Waals surface area contributed by atoms with Gasteiger partial charge in [0.05, 0.1) is 12.7 Å². The van der Waals surface area contributed by atoms with E-state index in [1.807, 2.05) is 55.7 Å². The zero-order valence-corrected chi connectivity index (χ0v) is 20.1. The summed E-state index contributed by atoms with van der Waals surface area (Å²) in [4.78, 5) is 9.12. The van der Waals surface area contributed by atoms with Crippen molar-refractivity contribution >= 4 is 0 Å². The summed E-state index contributed by atoms with van der Waals surface area (Å²) in [6, 6.07) is 16.0. The van der Waals surface area contributed by atoms with Crippen molar-refractivity contribution < 1.29 is 14.2 Å². The van der Waals surface area contributed by atoms with Gasteiger partial charge in [-0.1, -0.05) is 45.2 Å². The molecule has 1 atom stereocenters. The Labute approximate surface area is 198 Å². The van der Waals surface area contributed by atoms with E-state index in [4.69, 9.17) is 14.2 Å². The van der Waals surface area contributed by atoms with Crippen molar-refractivity contribution in [2.24, 2.45) is 0 Å². The third-order valence-electron chi connectivity index (χ3n) is 5.31. The Hall–Kier alpha value is -2.92. The molecular weight excluding hydrogens is 412 g/mol. The Morgan fingerprint density at radius 1 is 0.667 bits per heavy atom. The van der Waals surface area contributed by atoms with Gasteiger partial charge in [0.2, 0.25) is 0 Å². The molecule has 0 fully saturated rings. The van der Waals surface area contributed by atoms with E-state index < -0.39 is 0 Å². The zero-order chi connectivity index (χ0) is 23.3. The van der Waals surface area contributed by atoms with Crippen LogP contribution in [0.4, 0.5) is 0 Å². The topological polar surface area (TPSA) is 53.5 Å². The van der Waals surface area contributed by atoms with Gasteiger partial charge in [-0.3, -0.25) is 0 Å². The quantitative estimate of drug-likeness (QED) is 0.249. The van der Waals surface area contributed by atoms with Crippen LogP contribution in [0, 0.1) is 0 Å². The summed E-state index contributed by atoms with van der Waals surface area (Å²) in [5.74, 6) is 2.41. The lowest BCUT2D eigenvalue weighted by Crippen LogP contribution is -2.18. The second-order valence-corrected chi connectivity index (χ2v) is 8.25. The second kappa shape index (κ2) is 13.6. The van der Waals surface area contributed by atoms with Crippen LogP contribution in [0.15, 0.2) is 60.9 Å². The average molecular weight is 449 g/mol. The van der Waals surface area contributed by atoms with Crippen LogP contribution < -0.4 is 9.47 Å². The van der Waals surface area contributed by atoms with Crippen LogP contribution in [0.5, 0.6) is 11.5 Å². The number of ether oxygens (including phenoxy) is 3. The number of hydrogen-bond acceptors (Lipinski definition) is 5. The molecule has 0 bridgehead atoms. The van der Waals surface area contributed by atoms with Crippen molar-refractivity contribution in [3.63, 3.8) is 0 Å². The molecule has 1 heterocycles. The molecule has 5 heteroatoms. The van der Waals surface area contributed by atoms with E-state index >= 15 is 0 Å². The highest BCUT2D eigenvalue weighted by Crippen LogP contribution is 2.24. The van der Waals surface area contributed by atoms with E-state index in [0.717, 1.165) is 54.2 Å². The predicted octanol–water partition coefficient (Wildman–Crippen LogP) is 6.96. The second-order valence-electron chi connectivity index (χ2n) is 8.25. The molecule has 0 aliphatic heterocycles. The first-order valence-electron chi connectivity index (χ1n) is 12.1. The molecule has 0 saturated heterocycles. The normalized spacial score (nSPS) is 11.8. The highest BCUT2D eigenvalue weighted by atomic mass is 16.5. The van der Waals surface area contributed by atoms with Gasteiger partial charge >= 0.3 is 0 Å². The summed E-state index contributed by atoms with van der Waals surface area (Å²) in [7, 11) is 0. The van der Waals surface area contributed by atoms with E-state index in [2.05, 4.69) is 35.9 Å². The Morgan fingerprint density at radius 3 is 1.94 bits per heavy atom. The van der Waals surface area contributed by atoms with Gasteiger partial charge in [-0.2, -0.15) is 0 Å². The minimum absolute atomic E-state index is 0.0759. The van der Waals surface area contributed by atoms with Crippen LogP contribution in [-0.2, 0) is 4.74 Å². The number of rotatable bonds is 14. The van der Waals surface area contributed by atoms with Crippen LogP contribution in [0.1, 0.15) is 52.9 Å². The van der Waals surface area contributed by atoms with Crippen molar-refractivity contribution in [3.05, 3.63) is 60.9 Å². The molecule has 0 aliphatic rings. The molecule has 33 heavy (non-hydrogen) atoms. The Balaban J connectivity index is 1.52. The van der Waals surface area contributed by atoms with Gasteiger partial charge in [0.25, 0.3) is 0 Å². The largest absolute Gasteiger partial charge is 0.494 e. The minimum Gasteiger partial charge on any atom is -0.494 e. The van der Waals surface area contributed by atoms with Gasteiger partial charge in [0.1, 0.15) is 18.1 Å². The summed E-state index contributed by atoms with van der Waals surface area (Å²) >= 11 is 0. The highest BCUT2D eigenvalue weighted by molar-refractivity contribution is 5.64. The third kappa shape index (κ3) is 8.17. The maximum Gasteiger partial charge on any atom is 0.159 e. The summed E-state index contributed by atoms with van der Waals surface area (Å²) in [5, 5.41) is 0. The predicted molar refractivity (Wildman–Crippen MR) is 134 cm³/mol. The number of aromatic nitrogens is 2. The number of unbranched alkanes of at least 4 members (excludes halogenated alkanes) is 3. The standard InChI is InChI=1S/C28H36N2O3/c1-4-6-7-8-18-32-26-13-9-23(10-14-26)25-19-29-28(30-20-25)24-11-15-27(16-12-24)33-21-22(3)31-17-5-2/h9-16,19-20,22H,4-8,17-18,21H2,1-3H3. The molecule has 176 valence electrons. The molecule has 0 saturated carbocycles. The fourth-order valence-electron chi connectivity index (χ4n) is 3.37. The third-order valence-corrected chi connectivity index (χ3v) is 5.31. The molecule has 1 aromatic heterocycles. The van der Waals surface area contributed by atoms with Gasteiger partial charge in [-0.05, 0) is 61.7 Å². The first kappa shape index (κ1) is 24.7. The molecule has 1 unspecified atom stereocenters. The molecule has 3 rings (SSSR count). The Kier molecular flexibility index (Phi) is 10.2. The Morgan fingerprint density at radius 2 is 1.30 bits per heavy atom. The fourth-order valence-corrected chi connectivity index (χ4v) is 3.37. The SMILES string of the molecule is CCCCCCOc1ccc(-c2cnc(-c3ccc(OCC(C)OCCC)cc3)nc2)cc1. The number of nitrogens with zero attached hydrogens (tertiary/aromatic N) is 2. The maximum atomic E-state index is 5.83. The molecule has 0 aliphatic carbocycles. The lowest BCUT2D eigenvalue weighted by molar-refractivity contribution is 0.0327. The lowest BCUT2D eigenvalue weighted by Gasteiger charge is -2.14. The van der Waals surface area contributed by atoms with Gasteiger partial charge < -0.3 is 14.2 Å². The van der Waals surface area contributed by atoms with Crippen molar-refractivity contribution in [1.29, 1.82) is 0 Å². The molecule has 5 nitrogen and oxygen atoms in total. The Bertz CT molecular complexity index is 925. The van der Waals surface area contributed by atoms with Crippen LogP contribution in [0.2, 0.25) is 0 Å². The van der Waals surface area contributed by atoms with Crippen LogP contribution in [0.25, 0.3) is 22.5 Å². The van der Waals surface area contributed by atoms with E-state index in [-0.39, 0.29) is 6.10 Å². The van der Waals surface area contributed by atoms with Crippen molar-refractivity contribution in [3.8, 4) is 34.0 Å². The van der Waals surface area contributed by atoms with Gasteiger partial charge in [0.15, 0.2) is 5.82 Å². The molecule has 0 radical (unpaired) electrons. The van der Waals surface area contributed by atoms with Crippen LogP contribution >= 0.6 is 0 Å². The summed E-state index contributed by atoms with van der Waals surface area (Å²) in [5.41, 5.74) is 3.01. The first-order valence-corrected chi connectivity index (χ1v) is 12.1. The maximum absolute atomic E-state index is 5.83.